The molecule has 6 atom stereocenters. The smallest absolute Gasteiger partial charge is 0.0591 e. The van der Waals surface area contributed by atoms with Crippen LogP contribution in [0.5, 0.6) is 0 Å². The van der Waals surface area contributed by atoms with E-state index in [-0.39, 0.29) is 0 Å². The highest BCUT2D eigenvalue weighted by Gasteiger charge is 2.54. The third-order valence-electron chi connectivity index (χ3n) is 8.88. The van der Waals surface area contributed by atoms with Crippen LogP contribution in [0.25, 0.3) is 0 Å². The summed E-state index contributed by atoms with van der Waals surface area (Å²) in [5.74, 6) is 3.06. The first kappa shape index (κ1) is 23.0. The largest absolute Gasteiger partial charge is 0.390 e. The average molecular weight is 377 g/mol. The Labute approximate surface area is 170 Å². The van der Waals surface area contributed by atoms with Crippen molar-refractivity contribution in [1.29, 1.82) is 0 Å². The van der Waals surface area contributed by atoms with Crippen molar-refractivity contribution in [2.45, 2.75) is 118 Å². The minimum Gasteiger partial charge on any atom is -0.390 e. The summed E-state index contributed by atoms with van der Waals surface area (Å²) in [6.45, 7) is 20.9. The minimum absolute atomic E-state index is 0.448. The van der Waals surface area contributed by atoms with Crippen molar-refractivity contribution in [2.24, 2.45) is 34.5 Å². The predicted molar refractivity (Wildman–Crippen MR) is 119 cm³/mol. The van der Waals surface area contributed by atoms with E-state index in [0.717, 1.165) is 36.5 Å². The first-order valence-corrected chi connectivity index (χ1v) is 11.9. The van der Waals surface area contributed by atoms with Gasteiger partial charge in [0, 0.05) is 0 Å². The van der Waals surface area contributed by atoms with Crippen LogP contribution in [0.2, 0.25) is 0 Å². The van der Waals surface area contributed by atoms with Gasteiger partial charge in [-0.1, -0.05) is 72.5 Å². The number of fused-ring (bicyclic) bond motifs is 1. The summed E-state index contributed by atoms with van der Waals surface area (Å²) in [7, 11) is 0. The Morgan fingerprint density at radius 3 is 2.37 bits per heavy atom. The maximum atomic E-state index is 10.0. The van der Waals surface area contributed by atoms with Crippen LogP contribution in [0, 0.1) is 34.5 Å². The molecule has 0 unspecified atom stereocenters. The standard InChI is InChI=1S/C26H48O/c1-9-16-25(7,10-2)22-15-18-26(8)21(13-14-23(26)20(22)4)19(3)12-11-17-24(5,6)27/h19,21-23,27H,4,9-18H2,1-3,5-8H3/t19-,21-,22+,23+,25-,26-/m1/s1. The van der Waals surface area contributed by atoms with Crippen LogP contribution in [-0.4, -0.2) is 10.7 Å². The predicted octanol–water partition coefficient (Wildman–Crippen LogP) is 7.78. The summed E-state index contributed by atoms with van der Waals surface area (Å²) < 4.78 is 0. The minimum atomic E-state index is -0.516. The van der Waals surface area contributed by atoms with Gasteiger partial charge in [-0.15, -0.1) is 0 Å². The zero-order chi connectivity index (χ0) is 20.5. The fourth-order valence-corrected chi connectivity index (χ4v) is 7.07. The van der Waals surface area contributed by atoms with Gasteiger partial charge in [0.15, 0.2) is 0 Å². The summed E-state index contributed by atoms with van der Waals surface area (Å²) in [5, 5.41) is 10.0. The molecule has 0 aromatic carbocycles. The zero-order valence-electron chi connectivity index (χ0n) is 19.5. The lowest BCUT2D eigenvalue weighted by molar-refractivity contribution is 0.0381. The highest BCUT2D eigenvalue weighted by Crippen LogP contribution is 2.63. The molecule has 158 valence electrons. The van der Waals surface area contributed by atoms with E-state index in [1.807, 2.05) is 13.8 Å². The maximum absolute atomic E-state index is 10.0. The SMILES string of the molecule is C=C1[C@@H]([C@](C)(CC)CCC)CC[C@]2(C)[C@@H]([C@H](C)CCCC(C)(C)O)CC[C@@H]12. The van der Waals surface area contributed by atoms with E-state index in [4.69, 9.17) is 6.58 Å². The van der Waals surface area contributed by atoms with Gasteiger partial charge < -0.3 is 5.11 Å². The molecule has 0 amide bonds. The summed E-state index contributed by atoms with van der Waals surface area (Å²) in [6, 6.07) is 0. The van der Waals surface area contributed by atoms with E-state index in [0.29, 0.717) is 10.8 Å². The maximum Gasteiger partial charge on any atom is 0.0591 e. The number of allylic oxidation sites excluding steroid dienone is 1. The van der Waals surface area contributed by atoms with Crippen LogP contribution in [0.15, 0.2) is 12.2 Å². The molecule has 2 rings (SSSR count). The van der Waals surface area contributed by atoms with Gasteiger partial charge >= 0.3 is 0 Å². The molecule has 0 heterocycles. The molecule has 0 aromatic heterocycles. The van der Waals surface area contributed by atoms with Gasteiger partial charge in [-0.25, -0.2) is 0 Å². The van der Waals surface area contributed by atoms with Crippen molar-refractivity contribution in [1.82, 2.24) is 0 Å². The number of rotatable bonds is 9. The van der Waals surface area contributed by atoms with Crippen LogP contribution >= 0.6 is 0 Å². The van der Waals surface area contributed by atoms with Crippen molar-refractivity contribution < 1.29 is 5.11 Å². The van der Waals surface area contributed by atoms with Crippen molar-refractivity contribution in [3.8, 4) is 0 Å². The molecule has 2 saturated carbocycles. The third kappa shape index (κ3) is 4.82. The van der Waals surface area contributed by atoms with Crippen LogP contribution in [0.1, 0.15) is 113 Å². The van der Waals surface area contributed by atoms with Gasteiger partial charge in [0.2, 0.25) is 0 Å². The second-order valence-corrected chi connectivity index (χ2v) is 11.3. The summed E-state index contributed by atoms with van der Waals surface area (Å²) in [4.78, 5) is 0. The third-order valence-corrected chi connectivity index (χ3v) is 8.88. The molecule has 0 aliphatic heterocycles. The zero-order valence-corrected chi connectivity index (χ0v) is 19.5. The van der Waals surface area contributed by atoms with Gasteiger partial charge in [-0.05, 0) is 86.9 Å². The van der Waals surface area contributed by atoms with E-state index in [1.165, 1.54) is 51.4 Å². The monoisotopic (exact) mass is 376 g/mol. The summed E-state index contributed by atoms with van der Waals surface area (Å²) in [5.41, 5.74) is 2.00. The quantitative estimate of drug-likeness (QED) is 0.407. The first-order chi connectivity index (χ1) is 12.5. The highest BCUT2D eigenvalue weighted by molar-refractivity contribution is 5.21. The molecule has 0 radical (unpaired) electrons. The van der Waals surface area contributed by atoms with E-state index >= 15 is 0 Å². The molecule has 1 nitrogen and oxygen atoms in total. The Bertz CT molecular complexity index is 501. The van der Waals surface area contributed by atoms with Crippen molar-refractivity contribution >= 4 is 0 Å². The van der Waals surface area contributed by atoms with E-state index in [1.54, 1.807) is 5.57 Å². The Kier molecular flexibility index (Phi) is 7.32. The fourth-order valence-electron chi connectivity index (χ4n) is 7.07. The number of aliphatic hydroxyl groups is 1. The normalized spacial score (nSPS) is 35.0. The van der Waals surface area contributed by atoms with Gasteiger partial charge in [0.25, 0.3) is 0 Å². The molecule has 1 N–H and O–H groups in total. The summed E-state index contributed by atoms with van der Waals surface area (Å²) in [6.07, 6.45) is 12.7. The van der Waals surface area contributed by atoms with Crippen LogP contribution < -0.4 is 0 Å². The fraction of sp³-hybridized carbons (Fsp3) is 0.923. The molecule has 2 fully saturated rings. The molecule has 27 heavy (non-hydrogen) atoms. The Balaban J connectivity index is 2.07. The lowest BCUT2D eigenvalue weighted by Gasteiger charge is -2.51. The number of hydrogen-bond donors (Lipinski definition) is 1. The van der Waals surface area contributed by atoms with Crippen LogP contribution in [0.3, 0.4) is 0 Å². The van der Waals surface area contributed by atoms with Crippen molar-refractivity contribution in [3.63, 3.8) is 0 Å². The van der Waals surface area contributed by atoms with Crippen molar-refractivity contribution in [3.05, 3.63) is 12.2 Å². The van der Waals surface area contributed by atoms with Gasteiger partial charge in [-0.2, -0.15) is 0 Å². The molecular formula is C26H48O. The van der Waals surface area contributed by atoms with Crippen LogP contribution in [0.4, 0.5) is 0 Å². The molecule has 0 saturated heterocycles. The first-order valence-electron chi connectivity index (χ1n) is 11.9. The molecule has 0 bridgehead atoms. The van der Waals surface area contributed by atoms with E-state index in [2.05, 4.69) is 34.6 Å². The molecular weight excluding hydrogens is 328 g/mol. The van der Waals surface area contributed by atoms with Crippen molar-refractivity contribution in [2.75, 3.05) is 0 Å². The second kappa shape index (κ2) is 8.60. The topological polar surface area (TPSA) is 20.2 Å². The van der Waals surface area contributed by atoms with E-state index < -0.39 is 5.60 Å². The van der Waals surface area contributed by atoms with Gasteiger partial charge in [0.1, 0.15) is 0 Å². The van der Waals surface area contributed by atoms with Gasteiger partial charge in [0.05, 0.1) is 5.60 Å². The highest BCUT2D eigenvalue weighted by atomic mass is 16.3. The molecule has 2 aliphatic rings. The average Bonchev–Trinajstić information content (AvgIpc) is 2.92. The van der Waals surface area contributed by atoms with Gasteiger partial charge in [-0.3, -0.25) is 0 Å². The molecule has 0 aromatic rings. The summed E-state index contributed by atoms with van der Waals surface area (Å²) >= 11 is 0. The Morgan fingerprint density at radius 2 is 1.81 bits per heavy atom. The lowest BCUT2D eigenvalue weighted by Crippen LogP contribution is -2.42. The van der Waals surface area contributed by atoms with E-state index in [9.17, 15) is 5.11 Å². The number of hydrogen-bond acceptors (Lipinski definition) is 1. The molecule has 0 spiro atoms. The Morgan fingerprint density at radius 1 is 1.15 bits per heavy atom. The lowest BCUT2D eigenvalue weighted by atomic mass is 9.53. The second-order valence-electron chi connectivity index (χ2n) is 11.3. The Hall–Kier alpha value is -0.300. The molecule has 2 aliphatic carbocycles. The molecule has 1 heteroatoms. The van der Waals surface area contributed by atoms with Crippen LogP contribution in [-0.2, 0) is 0 Å².